The third-order valence-corrected chi connectivity index (χ3v) is 2.90. The summed E-state index contributed by atoms with van der Waals surface area (Å²) in [7, 11) is 0. The Bertz CT molecular complexity index is 672. The zero-order chi connectivity index (χ0) is 12.4. The van der Waals surface area contributed by atoms with Crippen molar-refractivity contribution in [2.45, 2.75) is 13.5 Å². The number of hydrogen-bond acceptors (Lipinski definition) is 3. The number of aromatic nitrogens is 3. The number of rotatable bonds is 3. The maximum Gasteiger partial charge on any atom is 0.207 e. The van der Waals surface area contributed by atoms with Crippen molar-refractivity contribution in [2.24, 2.45) is 0 Å². The smallest absolute Gasteiger partial charge is 0.207 e. The van der Waals surface area contributed by atoms with E-state index in [4.69, 9.17) is 0 Å². The van der Waals surface area contributed by atoms with Gasteiger partial charge in [0.15, 0.2) is 0 Å². The summed E-state index contributed by atoms with van der Waals surface area (Å²) < 4.78 is 2.05. The number of para-hydroxylation sites is 1. The molecule has 0 saturated carbocycles. The van der Waals surface area contributed by atoms with Crippen molar-refractivity contribution in [1.82, 2.24) is 14.5 Å². The van der Waals surface area contributed by atoms with E-state index in [1.165, 1.54) is 0 Å². The van der Waals surface area contributed by atoms with Gasteiger partial charge in [0, 0.05) is 24.3 Å². The molecule has 0 radical (unpaired) electrons. The number of fused-ring (bicyclic) bond motifs is 1. The highest BCUT2D eigenvalue weighted by atomic mass is 15.2. The first kappa shape index (κ1) is 10.8. The van der Waals surface area contributed by atoms with Gasteiger partial charge in [0.2, 0.25) is 5.95 Å². The Balaban J connectivity index is 1.95. The van der Waals surface area contributed by atoms with E-state index in [0.29, 0.717) is 0 Å². The number of nitrogens with zero attached hydrogens (tertiary/aromatic N) is 3. The van der Waals surface area contributed by atoms with Crippen molar-refractivity contribution in [1.29, 1.82) is 0 Å². The fourth-order valence-electron chi connectivity index (χ4n) is 1.96. The molecule has 90 valence electrons. The zero-order valence-corrected chi connectivity index (χ0v) is 10.2. The minimum absolute atomic E-state index is 0.842. The SMILES string of the molecule is CCn1ccnc1Nc1cnc2ccccc2c1. The van der Waals surface area contributed by atoms with Gasteiger partial charge in [-0.15, -0.1) is 0 Å². The fourth-order valence-corrected chi connectivity index (χ4v) is 1.96. The van der Waals surface area contributed by atoms with Crippen molar-refractivity contribution in [2.75, 3.05) is 5.32 Å². The maximum atomic E-state index is 4.42. The second kappa shape index (κ2) is 4.49. The van der Waals surface area contributed by atoms with Crippen molar-refractivity contribution < 1.29 is 0 Å². The van der Waals surface area contributed by atoms with Gasteiger partial charge < -0.3 is 9.88 Å². The molecule has 3 rings (SSSR count). The predicted molar refractivity (Wildman–Crippen MR) is 72.9 cm³/mol. The van der Waals surface area contributed by atoms with E-state index < -0.39 is 0 Å². The third-order valence-electron chi connectivity index (χ3n) is 2.90. The van der Waals surface area contributed by atoms with Gasteiger partial charge in [0.1, 0.15) is 0 Å². The van der Waals surface area contributed by atoms with Crippen LogP contribution in [0.15, 0.2) is 48.9 Å². The van der Waals surface area contributed by atoms with Crippen LogP contribution in [0.1, 0.15) is 6.92 Å². The van der Waals surface area contributed by atoms with Gasteiger partial charge in [0.25, 0.3) is 0 Å². The van der Waals surface area contributed by atoms with Crippen LogP contribution in [0.2, 0.25) is 0 Å². The Kier molecular flexibility index (Phi) is 2.68. The molecule has 0 aliphatic rings. The van der Waals surface area contributed by atoms with Crippen LogP contribution in [0, 0.1) is 0 Å². The molecule has 0 unspecified atom stereocenters. The Labute approximate surface area is 105 Å². The molecular formula is C14H14N4. The van der Waals surface area contributed by atoms with Crippen LogP contribution in [0.5, 0.6) is 0 Å². The Hall–Kier alpha value is -2.36. The summed E-state index contributed by atoms with van der Waals surface area (Å²) in [6.45, 7) is 2.98. The molecule has 0 aliphatic heterocycles. The molecule has 2 heterocycles. The lowest BCUT2D eigenvalue weighted by Gasteiger charge is -2.08. The van der Waals surface area contributed by atoms with Crippen LogP contribution in [0.4, 0.5) is 11.6 Å². The van der Waals surface area contributed by atoms with Crippen LogP contribution in [-0.4, -0.2) is 14.5 Å². The summed E-state index contributed by atoms with van der Waals surface area (Å²) in [6.07, 6.45) is 5.58. The van der Waals surface area contributed by atoms with Crippen molar-refractivity contribution in [3.63, 3.8) is 0 Å². The number of benzene rings is 1. The Morgan fingerprint density at radius 1 is 1.22 bits per heavy atom. The lowest BCUT2D eigenvalue weighted by Crippen LogP contribution is -2.01. The number of anilines is 2. The Morgan fingerprint density at radius 2 is 2.11 bits per heavy atom. The van der Waals surface area contributed by atoms with Crippen molar-refractivity contribution in [3.05, 3.63) is 48.9 Å². The lowest BCUT2D eigenvalue weighted by atomic mass is 10.2. The highest BCUT2D eigenvalue weighted by molar-refractivity contribution is 5.82. The zero-order valence-electron chi connectivity index (χ0n) is 10.2. The molecule has 0 aliphatic carbocycles. The second-order valence-electron chi connectivity index (χ2n) is 4.08. The van der Waals surface area contributed by atoms with Gasteiger partial charge in [-0.05, 0) is 19.1 Å². The van der Waals surface area contributed by atoms with Gasteiger partial charge in [-0.25, -0.2) is 4.98 Å². The fraction of sp³-hybridized carbons (Fsp3) is 0.143. The van der Waals surface area contributed by atoms with E-state index in [2.05, 4.69) is 38.9 Å². The minimum atomic E-state index is 0.842. The molecule has 2 aromatic heterocycles. The van der Waals surface area contributed by atoms with E-state index >= 15 is 0 Å². The van der Waals surface area contributed by atoms with Gasteiger partial charge in [-0.3, -0.25) is 4.98 Å². The molecule has 0 bridgehead atoms. The van der Waals surface area contributed by atoms with Crippen molar-refractivity contribution in [3.8, 4) is 0 Å². The first-order valence-corrected chi connectivity index (χ1v) is 6.00. The molecule has 0 fully saturated rings. The standard InChI is InChI=1S/C14H14N4/c1-2-18-8-7-15-14(18)17-12-9-11-5-3-4-6-13(11)16-10-12/h3-10H,2H2,1H3,(H,15,17). The van der Waals surface area contributed by atoms with Gasteiger partial charge >= 0.3 is 0 Å². The largest absolute Gasteiger partial charge is 0.324 e. The number of hydrogen-bond donors (Lipinski definition) is 1. The lowest BCUT2D eigenvalue weighted by molar-refractivity contribution is 0.772. The molecule has 0 saturated heterocycles. The summed E-state index contributed by atoms with van der Waals surface area (Å²) in [6, 6.07) is 10.1. The summed E-state index contributed by atoms with van der Waals surface area (Å²) >= 11 is 0. The highest BCUT2D eigenvalue weighted by Gasteiger charge is 2.02. The van der Waals surface area contributed by atoms with Crippen LogP contribution in [-0.2, 0) is 6.54 Å². The first-order chi connectivity index (χ1) is 8.86. The molecule has 1 N–H and O–H groups in total. The molecule has 3 aromatic rings. The van der Waals surface area contributed by atoms with E-state index in [-0.39, 0.29) is 0 Å². The van der Waals surface area contributed by atoms with Crippen LogP contribution < -0.4 is 5.32 Å². The van der Waals surface area contributed by atoms with E-state index in [9.17, 15) is 0 Å². The minimum Gasteiger partial charge on any atom is -0.324 e. The van der Waals surface area contributed by atoms with Crippen LogP contribution in [0.25, 0.3) is 10.9 Å². The molecule has 0 atom stereocenters. The topological polar surface area (TPSA) is 42.7 Å². The van der Waals surface area contributed by atoms with Crippen LogP contribution in [0.3, 0.4) is 0 Å². The molecule has 0 spiro atoms. The molecular weight excluding hydrogens is 224 g/mol. The number of pyridine rings is 1. The number of imidazole rings is 1. The van der Waals surface area contributed by atoms with Crippen molar-refractivity contribution >= 4 is 22.5 Å². The number of aryl methyl sites for hydroxylation is 1. The summed E-state index contributed by atoms with van der Waals surface area (Å²) in [4.78, 5) is 8.70. The quantitative estimate of drug-likeness (QED) is 0.762. The normalized spacial score (nSPS) is 10.7. The monoisotopic (exact) mass is 238 g/mol. The molecule has 4 heteroatoms. The Morgan fingerprint density at radius 3 is 3.00 bits per heavy atom. The van der Waals surface area contributed by atoms with Gasteiger partial charge in [-0.2, -0.15) is 0 Å². The first-order valence-electron chi connectivity index (χ1n) is 6.00. The van der Waals surface area contributed by atoms with Gasteiger partial charge in [-0.1, -0.05) is 18.2 Å². The van der Waals surface area contributed by atoms with Gasteiger partial charge in [0.05, 0.1) is 17.4 Å². The molecule has 18 heavy (non-hydrogen) atoms. The summed E-state index contributed by atoms with van der Waals surface area (Å²) in [5.74, 6) is 0.842. The van der Waals surface area contributed by atoms with E-state index in [1.807, 2.05) is 30.6 Å². The summed E-state index contributed by atoms with van der Waals surface area (Å²) in [5.41, 5.74) is 1.96. The highest BCUT2D eigenvalue weighted by Crippen LogP contribution is 2.19. The maximum absolute atomic E-state index is 4.42. The third kappa shape index (κ3) is 1.93. The van der Waals surface area contributed by atoms with E-state index in [0.717, 1.165) is 29.1 Å². The number of nitrogens with one attached hydrogen (secondary N) is 1. The molecule has 0 amide bonds. The van der Waals surface area contributed by atoms with E-state index in [1.54, 1.807) is 6.20 Å². The summed E-state index contributed by atoms with van der Waals surface area (Å²) in [5, 5.41) is 4.41. The second-order valence-corrected chi connectivity index (χ2v) is 4.08. The average Bonchev–Trinajstić information content (AvgIpc) is 2.86. The average molecular weight is 238 g/mol. The van der Waals surface area contributed by atoms with Crippen LogP contribution >= 0.6 is 0 Å². The molecule has 4 nitrogen and oxygen atoms in total. The predicted octanol–water partition coefficient (Wildman–Crippen LogP) is 3.19. The molecule has 1 aromatic carbocycles.